The maximum atomic E-state index is 13.2. The Kier molecular flexibility index (Phi) is 10.4. The minimum atomic E-state index is -4.64. The molecule has 1 atom stereocenters. The summed E-state index contributed by atoms with van der Waals surface area (Å²) in [5.74, 6) is -0.768. The number of rotatable bonds is 11. The highest BCUT2D eigenvalue weighted by Crippen LogP contribution is 2.32. The van der Waals surface area contributed by atoms with E-state index in [1.807, 2.05) is 0 Å². The Morgan fingerprint density at radius 2 is 1.70 bits per heavy atom. The first-order valence-electron chi connectivity index (χ1n) is 11.6. The quantitative estimate of drug-likeness (QED) is 0.425. The number of hydrogen-bond donors (Lipinski definition) is 1. The van der Waals surface area contributed by atoms with E-state index in [9.17, 15) is 31.2 Å². The molecule has 0 unspecified atom stereocenters. The van der Waals surface area contributed by atoms with Gasteiger partial charge < -0.3 is 10.2 Å². The van der Waals surface area contributed by atoms with Crippen LogP contribution in [0.4, 0.5) is 18.9 Å². The number of alkyl halides is 3. The van der Waals surface area contributed by atoms with Gasteiger partial charge in [0, 0.05) is 30.6 Å². The maximum Gasteiger partial charge on any atom is 0.416 e. The number of halogens is 4. The molecule has 0 aliphatic carbocycles. The van der Waals surface area contributed by atoms with Gasteiger partial charge in [-0.05, 0) is 63.1 Å². The number of anilines is 1. The molecule has 0 aromatic heterocycles. The zero-order chi connectivity index (χ0) is 28.0. The standard InChI is InChI=1S/C25H31ClF3N3O4S/c1-17(2)30-24(34)18(3)31(16-19-8-5-10-21(26)14-19)23(33)12-7-13-32(37(4,35)36)22-11-6-9-20(15-22)25(27,28)29/h5-6,8-11,14-15,17-18H,7,12-13,16H2,1-4H3,(H,30,34)/t18-/m1/s1. The van der Waals surface area contributed by atoms with E-state index in [4.69, 9.17) is 11.6 Å². The van der Waals surface area contributed by atoms with Crippen LogP contribution in [0.25, 0.3) is 0 Å². The summed E-state index contributed by atoms with van der Waals surface area (Å²) in [4.78, 5) is 27.2. The molecule has 2 aromatic carbocycles. The lowest BCUT2D eigenvalue weighted by Crippen LogP contribution is -2.49. The first kappa shape index (κ1) is 30.4. The van der Waals surface area contributed by atoms with Crippen molar-refractivity contribution in [1.29, 1.82) is 0 Å². The highest BCUT2D eigenvalue weighted by Gasteiger charge is 2.32. The summed E-state index contributed by atoms with van der Waals surface area (Å²) in [6.07, 6.45) is -3.86. The molecule has 0 saturated heterocycles. The Bertz CT molecular complexity index is 1210. The molecule has 12 heteroatoms. The molecule has 2 rings (SSSR count). The third-order valence-corrected chi connectivity index (χ3v) is 6.88. The summed E-state index contributed by atoms with van der Waals surface area (Å²) in [5.41, 5.74) is -0.426. The molecule has 37 heavy (non-hydrogen) atoms. The van der Waals surface area contributed by atoms with Crippen molar-refractivity contribution in [2.75, 3.05) is 17.1 Å². The van der Waals surface area contributed by atoms with Crippen molar-refractivity contribution in [1.82, 2.24) is 10.2 Å². The summed E-state index contributed by atoms with van der Waals surface area (Å²) < 4.78 is 65.0. The van der Waals surface area contributed by atoms with Crippen molar-refractivity contribution in [2.24, 2.45) is 0 Å². The Hall–Kier alpha value is -2.79. The molecule has 1 N–H and O–H groups in total. The fourth-order valence-electron chi connectivity index (χ4n) is 3.66. The van der Waals surface area contributed by atoms with Crippen molar-refractivity contribution in [2.45, 2.75) is 58.4 Å². The summed E-state index contributed by atoms with van der Waals surface area (Å²) in [7, 11) is -3.93. The summed E-state index contributed by atoms with van der Waals surface area (Å²) in [6, 6.07) is 9.87. The molecule has 0 radical (unpaired) electrons. The van der Waals surface area contributed by atoms with Crippen LogP contribution in [0.15, 0.2) is 48.5 Å². The highest BCUT2D eigenvalue weighted by atomic mass is 35.5. The molecule has 0 saturated carbocycles. The molecule has 204 valence electrons. The van der Waals surface area contributed by atoms with E-state index in [1.165, 1.54) is 11.0 Å². The van der Waals surface area contributed by atoms with Gasteiger partial charge in [0.2, 0.25) is 21.8 Å². The second kappa shape index (κ2) is 12.6. The van der Waals surface area contributed by atoms with Crippen LogP contribution in [0.5, 0.6) is 0 Å². The summed E-state index contributed by atoms with van der Waals surface area (Å²) in [6.45, 7) is 5.05. The van der Waals surface area contributed by atoms with Gasteiger partial charge in [-0.2, -0.15) is 13.2 Å². The molecule has 2 aromatic rings. The number of hydrogen-bond acceptors (Lipinski definition) is 4. The van der Waals surface area contributed by atoms with Crippen LogP contribution in [0.1, 0.15) is 44.7 Å². The number of nitrogens with zero attached hydrogens (tertiary/aromatic N) is 2. The van der Waals surface area contributed by atoms with E-state index in [1.54, 1.807) is 45.0 Å². The molecule has 2 amide bonds. The van der Waals surface area contributed by atoms with Crippen molar-refractivity contribution in [3.05, 3.63) is 64.7 Å². The van der Waals surface area contributed by atoms with Gasteiger partial charge in [0.25, 0.3) is 0 Å². The predicted octanol–water partition coefficient (Wildman–Crippen LogP) is 4.85. The van der Waals surface area contributed by atoms with Crippen molar-refractivity contribution < 1.29 is 31.2 Å². The van der Waals surface area contributed by atoms with Gasteiger partial charge >= 0.3 is 6.18 Å². The van der Waals surface area contributed by atoms with Crippen LogP contribution in [0.2, 0.25) is 5.02 Å². The molecule has 0 bridgehead atoms. The van der Waals surface area contributed by atoms with Gasteiger partial charge in [-0.3, -0.25) is 13.9 Å². The van der Waals surface area contributed by atoms with Crippen LogP contribution in [-0.4, -0.2) is 50.0 Å². The van der Waals surface area contributed by atoms with Gasteiger partial charge in [0.1, 0.15) is 6.04 Å². The monoisotopic (exact) mass is 561 g/mol. The van der Waals surface area contributed by atoms with Gasteiger partial charge in [0.05, 0.1) is 17.5 Å². The van der Waals surface area contributed by atoms with Gasteiger partial charge in [-0.15, -0.1) is 0 Å². The lowest BCUT2D eigenvalue weighted by atomic mass is 10.1. The van der Waals surface area contributed by atoms with Crippen molar-refractivity contribution in [3.8, 4) is 0 Å². The topological polar surface area (TPSA) is 86.8 Å². The van der Waals surface area contributed by atoms with E-state index in [0.29, 0.717) is 10.6 Å². The van der Waals surface area contributed by atoms with Crippen LogP contribution in [0, 0.1) is 0 Å². The van der Waals surface area contributed by atoms with Crippen LogP contribution in [0.3, 0.4) is 0 Å². The molecule has 0 heterocycles. The molecule has 0 aliphatic heterocycles. The average molecular weight is 562 g/mol. The fraction of sp³-hybridized carbons (Fsp3) is 0.440. The minimum Gasteiger partial charge on any atom is -0.352 e. The zero-order valence-electron chi connectivity index (χ0n) is 21.0. The number of nitrogens with one attached hydrogen (secondary N) is 1. The molecular formula is C25H31ClF3N3O4S. The maximum absolute atomic E-state index is 13.2. The van der Waals surface area contributed by atoms with E-state index in [0.717, 1.165) is 28.8 Å². The number of amides is 2. The van der Waals surface area contributed by atoms with Crippen LogP contribution in [-0.2, 0) is 32.3 Å². The second-order valence-electron chi connectivity index (χ2n) is 8.98. The zero-order valence-corrected chi connectivity index (χ0v) is 22.6. The molecule has 7 nitrogen and oxygen atoms in total. The van der Waals surface area contributed by atoms with Crippen LogP contribution < -0.4 is 9.62 Å². The lowest BCUT2D eigenvalue weighted by molar-refractivity contribution is -0.140. The number of sulfonamides is 1. The van der Waals surface area contributed by atoms with E-state index in [-0.39, 0.29) is 43.6 Å². The van der Waals surface area contributed by atoms with Crippen molar-refractivity contribution in [3.63, 3.8) is 0 Å². The smallest absolute Gasteiger partial charge is 0.352 e. The first-order chi connectivity index (χ1) is 17.1. The first-order valence-corrected chi connectivity index (χ1v) is 13.8. The van der Waals surface area contributed by atoms with Gasteiger partial charge in [-0.25, -0.2) is 8.42 Å². The SMILES string of the molecule is CC(C)NC(=O)[C@@H](C)N(Cc1cccc(Cl)c1)C(=O)CCCN(c1cccc(C(F)(F)F)c1)S(C)(=O)=O. The van der Waals surface area contributed by atoms with E-state index in [2.05, 4.69) is 5.32 Å². The third kappa shape index (κ3) is 9.23. The summed E-state index contributed by atoms with van der Waals surface area (Å²) >= 11 is 6.06. The Labute approximate surface area is 220 Å². The minimum absolute atomic E-state index is 0.0205. The largest absolute Gasteiger partial charge is 0.416 e. The van der Waals surface area contributed by atoms with Crippen molar-refractivity contribution >= 4 is 39.1 Å². The van der Waals surface area contributed by atoms with Gasteiger partial charge in [-0.1, -0.05) is 29.8 Å². The van der Waals surface area contributed by atoms with Crippen LogP contribution >= 0.6 is 11.6 Å². The third-order valence-electron chi connectivity index (χ3n) is 5.45. The number of carbonyl (C=O) groups excluding carboxylic acids is 2. The molecule has 0 fully saturated rings. The normalized spacial score (nSPS) is 12.8. The predicted molar refractivity (Wildman–Crippen MR) is 138 cm³/mol. The Morgan fingerprint density at radius 3 is 2.27 bits per heavy atom. The van der Waals surface area contributed by atoms with E-state index < -0.39 is 33.7 Å². The van der Waals surface area contributed by atoms with E-state index >= 15 is 0 Å². The number of benzene rings is 2. The number of carbonyl (C=O) groups is 2. The molecule has 0 aliphatic rings. The fourth-order valence-corrected chi connectivity index (χ4v) is 4.83. The highest BCUT2D eigenvalue weighted by molar-refractivity contribution is 7.92. The Morgan fingerprint density at radius 1 is 1.05 bits per heavy atom. The second-order valence-corrected chi connectivity index (χ2v) is 11.3. The average Bonchev–Trinajstić information content (AvgIpc) is 2.78. The molecule has 0 spiro atoms. The molecular weight excluding hydrogens is 531 g/mol. The lowest BCUT2D eigenvalue weighted by Gasteiger charge is -2.30. The Balaban J connectivity index is 2.22. The van der Waals surface area contributed by atoms with Gasteiger partial charge in [0.15, 0.2) is 0 Å². The summed E-state index contributed by atoms with van der Waals surface area (Å²) in [5, 5.41) is 3.24.